The van der Waals surface area contributed by atoms with Gasteiger partial charge in [-0.15, -0.1) is 0 Å². The van der Waals surface area contributed by atoms with Crippen molar-refractivity contribution in [3.63, 3.8) is 0 Å². The second-order valence-electron chi connectivity index (χ2n) is 8.71. The lowest BCUT2D eigenvalue weighted by molar-refractivity contribution is 0.0649. The van der Waals surface area contributed by atoms with Crippen molar-refractivity contribution in [1.29, 1.82) is 0 Å². The van der Waals surface area contributed by atoms with Crippen molar-refractivity contribution in [1.82, 2.24) is 24.5 Å². The number of hydrogen-bond acceptors (Lipinski definition) is 7. The molecule has 5 rings (SSSR count). The Morgan fingerprint density at radius 3 is 2.79 bits per heavy atom. The minimum atomic E-state index is -0.182. The molecule has 1 aliphatic heterocycles. The highest BCUT2D eigenvalue weighted by molar-refractivity contribution is 5.76. The zero-order chi connectivity index (χ0) is 23.3. The quantitative estimate of drug-likeness (QED) is 0.451. The zero-order valence-corrected chi connectivity index (χ0v) is 19.3. The van der Waals surface area contributed by atoms with Crippen LogP contribution in [0, 0.1) is 12.8 Å². The van der Waals surface area contributed by atoms with Gasteiger partial charge < -0.3 is 10.1 Å². The van der Waals surface area contributed by atoms with E-state index in [2.05, 4.69) is 20.3 Å². The number of anilines is 1. The predicted octanol–water partition coefficient (Wildman–Crippen LogP) is 3.83. The highest BCUT2D eigenvalue weighted by Crippen LogP contribution is 2.22. The molecule has 1 saturated heterocycles. The van der Waals surface area contributed by atoms with E-state index < -0.39 is 0 Å². The van der Waals surface area contributed by atoms with Gasteiger partial charge in [-0.2, -0.15) is 0 Å². The average Bonchev–Trinajstić information content (AvgIpc) is 2.87. The maximum Gasteiger partial charge on any atom is 0.295 e. The third-order valence-electron chi connectivity index (χ3n) is 6.23. The van der Waals surface area contributed by atoms with Gasteiger partial charge >= 0.3 is 0 Å². The van der Waals surface area contributed by atoms with E-state index in [4.69, 9.17) is 9.72 Å². The Labute approximate surface area is 198 Å². The van der Waals surface area contributed by atoms with Gasteiger partial charge in [0.1, 0.15) is 5.52 Å². The van der Waals surface area contributed by atoms with Crippen LogP contribution < -0.4 is 10.9 Å². The first-order valence-corrected chi connectivity index (χ1v) is 11.7. The number of aromatic nitrogens is 5. The monoisotopic (exact) mass is 456 g/mol. The lowest BCUT2D eigenvalue weighted by atomic mass is 9.97. The Kier molecular flexibility index (Phi) is 6.58. The molecule has 0 aromatic carbocycles. The summed E-state index contributed by atoms with van der Waals surface area (Å²) < 4.78 is 7.14. The van der Waals surface area contributed by atoms with Crippen LogP contribution in [0.15, 0.2) is 59.8 Å². The first-order valence-electron chi connectivity index (χ1n) is 11.7. The molecule has 34 heavy (non-hydrogen) atoms. The first-order chi connectivity index (χ1) is 16.7. The van der Waals surface area contributed by atoms with Crippen molar-refractivity contribution in [2.75, 3.05) is 25.1 Å². The fourth-order valence-electron chi connectivity index (χ4n) is 4.35. The molecule has 0 amide bonds. The van der Waals surface area contributed by atoms with E-state index in [0.717, 1.165) is 55.0 Å². The van der Waals surface area contributed by atoms with Crippen molar-refractivity contribution in [2.45, 2.75) is 32.7 Å². The Bertz CT molecular complexity index is 1330. The molecule has 8 heteroatoms. The molecule has 0 spiro atoms. The summed E-state index contributed by atoms with van der Waals surface area (Å²) in [6, 6.07) is 11.6. The number of rotatable bonds is 7. The van der Waals surface area contributed by atoms with Crippen molar-refractivity contribution in [3.05, 3.63) is 76.6 Å². The van der Waals surface area contributed by atoms with Crippen LogP contribution in [0.25, 0.3) is 22.4 Å². The molecular formula is C26H28N6O2. The van der Waals surface area contributed by atoms with Crippen LogP contribution in [0.4, 0.5) is 5.82 Å². The number of ether oxygens (including phenoxy) is 1. The van der Waals surface area contributed by atoms with Gasteiger partial charge in [0, 0.05) is 49.6 Å². The lowest BCUT2D eigenvalue weighted by Crippen LogP contribution is -2.28. The van der Waals surface area contributed by atoms with Crippen LogP contribution in [0.5, 0.6) is 0 Å². The number of nitrogens with one attached hydrogen (secondary N) is 1. The van der Waals surface area contributed by atoms with Crippen LogP contribution >= 0.6 is 0 Å². The molecule has 1 aliphatic rings. The van der Waals surface area contributed by atoms with E-state index >= 15 is 0 Å². The molecule has 1 N–H and O–H groups in total. The molecule has 8 nitrogen and oxygen atoms in total. The van der Waals surface area contributed by atoms with Gasteiger partial charge in [0.25, 0.3) is 5.56 Å². The van der Waals surface area contributed by atoms with Crippen molar-refractivity contribution in [3.8, 4) is 11.3 Å². The minimum Gasteiger partial charge on any atom is -0.381 e. The first kappa shape index (κ1) is 22.2. The molecule has 0 aliphatic carbocycles. The largest absolute Gasteiger partial charge is 0.381 e. The second-order valence-corrected chi connectivity index (χ2v) is 8.71. The SMILES string of the molecule is Cc1cc(-c2ccc3nc(NCCC4CCOCC4)c(=O)n(Cc4cccnc4)c3n2)ccn1. The summed E-state index contributed by atoms with van der Waals surface area (Å²) in [7, 11) is 0. The van der Waals surface area contributed by atoms with Gasteiger partial charge in [-0.05, 0) is 68.0 Å². The van der Waals surface area contributed by atoms with E-state index in [0.29, 0.717) is 36.0 Å². The topological polar surface area (TPSA) is 94.8 Å². The Balaban J connectivity index is 1.51. The predicted molar refractivity (Wildman–Crippen MR) is 132 cm³/mol. The molecular weight excluding hydrogens is 428 g/mol. The third kappa shape index (κ3) is 4.97. The summed E-state index contributed by atoms with van der Waals surface area (Å²) in [6.45, 7) is 4.66. The van der Waals surface area contributed by atoms with Crippen LogP contribution in [-0.2, 0) is 11.3 Å². The highest BCUT2D eigenvalue weighted by atomic mass is 16.5. The zero-order valence-electron chi connectivity index (χ0n) is 19.3. The molecule has 4 aromatic heterocycles. The molecule has 0 unspecified atom stereocenters. The van der Waals surface area contributed by atoms with Gasteiger partial charge in [0.05, 0.1) is 12.2 Å². The molecule has 0 saturated carbocycles. The van der Waals surface area contributed by atoms with Crippen LogP contribution in [-0.4, -0.2) is 44.3 Å². The summed E-state index contributed by atoms with van der Waals surface area (Å²) in [5.74, 6) is 0.977. The standard InChI is InChI=1S/C26H28N6O2/c1-18-15-21(7-12-28-18)22-4-5-23-25(31-22)32(17-20-3-2-10-27-16-20)26(33)24(30-23)29-11-6-19-8-13-34-14-9-19/h2-5,7,10,12,15-16,19H,6,8-9,11,13-14,17H2,1H3,(H,29,30). The van der Waals surface area contributed by atoms with Gasteiger partial charge in [-0.3, -0.25) is 19.3 Å². The number of pyridine rings is 3. The second kappa shape index (κ2) is 10.1. The van der Waals surface area contributed by atoms with Crippen molar-refractivity contribution >= 4 is 17.0 Å². The van der Waals surface area contributed by atoms with Gasteiger partial charge in [0.15, 0.2) is 11.5 Å². The van der Waals surface area contributed by atoms with Crippen LogP contribution in [0.1, 0.15) is 30.5 Å². The van der Waals surface area contributed by atoms with Gasteiger partial charge in [-0.1, -0.05) is 6.07 Å². The smallest absolute Gasteiger partial charge is 0.295 e. The number of nitrogens with zero attached hydrogens (tertiary/aromatic N) is 5. The van der Waals surface area contributed by atoms with Crippen molar-refractivity contribution < 1.29 is 4.74 Å². The molecule has 5 heterocycles. The Morgan fingerprint density at radius 1 is 1.12 bits per heavy atom. The van der Waals surface area contributed by atoms with Crippen molar-refractivity contribution in [2.24, 2.45) is 5.92 Å². The van der Waals surface area contributed by atoms with E-state index in [-0.39, 0.29) is 5.56 Å². The molecule has 0 radical (unpaired) electrons. The summed E-state index contributed by atoms with van der Waals surface area (Å²) in [5.41, 5.74) is 4.61. The maximum absolute atomic E-state index is 13.5. The molecule has 174 valence electrons. The molecule has 4 aromatic rings. The molecule has 1 fully saturated rings. The third-order valence-corrected chi connectivity index (χ3v) is 6.23. The Hall–Kier alpha value is -3.65. The number of aryl methyl sites for hydroxylation is 1. The summed E-state index contributed by atoms with van der Waals surface area (Å²) in [4.78, 5) is 31.5. The fraction of sp³-hybridized carbons (Fsp3) is 0.346. The minimum absolute atomic E-state index is 0.182. The van der Waals surface area contributed by atoms with Crippen LogP contribution in [0.3, 0.4) is 0 Å². The summed E-state index contributed by atoms with van der Waals surface area (Å²) in [5, 5.41) is 3.30. The van der Waals surface area contributed by atoms with E-state index in [9.17, 15) is 4.79 Å². The summed E-state index contributed by atoms with van der Waals surface area (Å²) in [6.07, 6.45) is 8.39. The molecule has 0 bridgehead atoms. The number of hydrogen-bond donors (Lipinski definition) is 1. The maximum atomic E-state index is 13.5. The normalized spacial score (nSPS) is 14.4. The Morgan fingerprint density at radius 2 is 2.00 bits per heavy atom. The highest BCUT2D eigenvalue weighted by Gasteiger charge is 2.16. The average molecular weight is 457 g/mol. The number of fused-ring (bicyclic) bond motifs is 1. The van der Waals surface area contributed by atoms with Crippen LogP contribution in [0.2, 0.25) is 0 Å². The van der Waals surface area contributed by atoms with E-state index in [1.807, 2.05) is 43.3 Å². The van der Waals surface area contributed by atoms with E-state index in [1.54, 1.807) is 23.2 Å². The molecule has 0 atom stereocenters. The fourth-order valence-corrected chi connectivity index (χ4v) is 4.35. The lowest BCUT2D eigenvalue weighted by Gasteiger charge is -2.22. The van der Waals surface area contributed by atoms with Gasteiger partial charge in [0.2, 0.25) is 0 Å². The summed E-state index contributed by atoms with van der Waals surface area (Å²) >= 11 is 0. The van der Waals surface area contributed by atoms with Gasteiger partial charge in [-0.25, -0.2) is 9.97 Å². The van der Waals surface area contributed by atoms with E-state index in [1.165, 1.54) is 0 Å².